The highest BCUT2D eigenvalue weighted by atomic mass is 16.1. The fourth-order valence-corrected chi connectivity index (χ4v) is 3.22. The van der Waals surface area contributed by atoms with E-state index in [1.54, 1.807) is 0 Å². The number of rotatable bonds is 10. The molecular formula is C18H34O. The van der Waals surface area contributed by atoms with Crippen molar-refractivity contribution in [2.24, 2.45) is 11.8 Å². The lowest BCUT2D eigenvalue weighted by Gasteiger charge is -2.25. The van der Waals surface area contributed by atoms with Crippen LogP contribution in [0.1, 0.15) is 97.3 Å². The van der Waals surface area contributed by atoms with E-state index in [2.05, 4.69) is 13.8 Å². The van der Waals surface area contributed by atoms with Crippen LogP contribution in [0.25, 0.3) is 0 Å². The summed E-state index contributed by atoms with van der Waals surface area (Å²) in [4.78, 5) is 12.1. The monoisotopic (exact) mass is 266 g/mol. The third kappa shape index (κ3) is 7.74. The number of carbonyl (C=O) groups excluding carboxylic acids is 1. The van der Waals surface area contributed by atoms with E-state index >= 15 is 0 Å². The van der Waals surface area contributed by atoms with Crippen LogP contribution in [-0.4, -0.2) is 5.78 Å². The van der Waals surface area contributed by atoms with Crippen molar-refractivity contribution in [3.05, 3.63) is 0 Å². The molecule has 0 spiro atoms. The molecule has 0 N–H and O–H groups in total. The quantitative estimate of drug-likeness (QED) is 0.449. The van der Waals surface area contributed by atoms with Gasteiger partial charge in [0.05, 0.1) is 0 Å². The molecule has 1 saturated carbocycles. The molecule has 112 valence electrons. The molecular weight excluding hydrogens is 232 g/mol. The van der Waals surface area contributed by atoms with E-state index in [1.807, 2.05) is 0 Å². The number of unbranched alkanes of at least 4 members (excludes halogenated alkanes) is 7. The smallest absolute Gasteiger partial charge is 0.135 e. The second-order valence-corrected chi connectivity index (χ2v) is 6.65. The highest BCUT2D eigenvalue weighted by Crippen LogP contribution is 2.29. The van der Waals surface area contributed by atoms with Crippen molar-refractivity contribution in [3.63, 3.8) is 0 Å². The average Bonchev–Trinajstić information content (AvgIpc) is 2.42. The average molecular weight is 266 g/mol. The minimum atomic E-state index is 0.417. The summed E-state index contributed by atoms with van der Waals surface area (Å²) in [6.07, 6.45) is 16.3. The zero-order valence-electron chi connectivity index (χ0n) is 13.3. The minimum Gasteiger partial charge on any atom is -0.299 e. The van der Waals surface area contributed by atoms with E-state index in [9.17, 15) is 4.79 Å². The molecule has 1 aliphatic carbocycles. The van der Waals surface area contributed by atoms with Crippen molar-refractivity contribution in [3.8, 4) is 0 Å². The van der Waals surface area contributed by atoms with E-state index in [0.29, 0.717) is 11.7 Å². The van der Waals surface area contributed by atoms with Gasteiger partial charge in [-0.15, -0.1) is 0 Å². The fourth-order valence-electron chi connectivity index (χ4n) is 3.22. The number of carbonyl (C=O) groups is 1. The maximum Gasteiger partial charge on any atom is 0.135 e. The van der Waals surface area contributed by atoms with Crippen molar-refractivity contribution >= 4 is 5.78 Å². The number of hydrogen-bond acceptors (Lipinski definition) is 1. The van der Waals surface area contributed by atoms with Gasteiger partial charge < -0.3 is 0 Å². The van der Waals surface area contributed by atoms with Gasteiger partial charge in [-0.05, 0) is 25.2 Å². The molecule has 0 amide bonds. The van der Waals surface area contributed by atoms with E-state index in [-0.39, 0.29) is 0 Å². The molecule has 0 atom stereocenters. The van der Waals surface area contributed by atoms with E-state index in [4.69, 9.17) is 0 Å². The van der Waals surface area contributed by atoms with E-state index in [1.165, 1.54) is 57.8 Å². The van der Waals surface area contributed by atoms with E-state index in [0.717, 1.165) is 31.6 Å². The standard InChI is InChI=1S/C18H34O/c1-3-4-5-6-7-8-9-10-11-18(19)17-14-12-16(2)13-15-17/h16-17H,3-15H2,1-2H3. The zero-order valence-corrected chi connectivity index (χ0v) is 13.3. The lowest BCUT2D eigenvalue weighted by atomic mass is 9.80. The lowest BCUT2D eigenvalue weighted by Crippen LogP contribution is -2.20. The SMILES string of the molecule is CCCCCCCCCCC(=O)C1CCC(C)CC1. The highest BCUT2D eigenvalue weighted by molar-refractivity contribution is 5.80. The zero-order chi connectivity index (χ0) is 13.9. The van der Waals surface area contributed by atoms with Crippen molar-refractivity contribution in [1.82, 2.24) is 0 Å². The van der Waals surface area contributed by atoms with Gasteiger partial charge in [-0.1, -0.05) is 71.6 Å². The van der Waals surface area contributed by atoms with Gasteiger partial charge in [-0.3, -0.25) is 4.79 Å². The van der Waals surface area contributed by atoms with Gasteiger partial charge in [0.15, 0.2) is 0 Å². The topological polar surface area (TPSA) is 17.1 Å². The van der Waals surface area contributed by atoms with Crippen LogP contribution in [0.15, 0.2) is 0 Å². The predicted molar refractivity (Wildman–Crippen MR) is 83.4 cm³/mol. The first kappa shape index (κ1) is 16.7. The normalized spacial score (nSPS) is 23.5. The first-order valence-electron chi connectivity index (χ1n) is 8.76. The summed E-state index contributed by atoms with van der Waals surface area (Å²) in [5.41, 5.74) is 0. The van der Waals surface area contributed by atoms with Crippen LogP contribution in [-0.2, 0) is 4.79 Å². The first-order chi connectivity index (χ1) is 9.24. The molecule has 0 aliphatic heterocycles. The van der Waals surface area contributed by atoms with Gasteiger partial charge in [-0.25, -0.2) is 0 Å². The lowest BCUT2D eigenvalue weighted by molar-refractivity contribution is -0.124. The van der Waals surface area contributed by atoms with Crippen LogP contribution in [0.5, 0.6) is 0 Å². The maximum atomic E-state index is 12.1. The second-order valence-electron chi connectivity index (χ2n) is 6.65. The molecule has 0 saturated heterocycles. The molecule has 1 nitrogen and oxygen atoms in total. The molecule has 0 heterocycles. The molecule has 0 aromatic heterocycles. The Morgan fingerprint density at radius 3 is 1.95 bits per heavy atom. The second kappa shape index (κ2) is 10.5. The molecule has 1 fully saturated rings. The van der Waals surface area contributed by atoms with Crippen molar-refractivity contribution < 1.29 is 4.79 Å². The Labute approximate surface area is 120 Å². The van der Waals surface area contributed by atoms with Crippen LogP contribution in [0.3, 0.4) is 0 Å². The molecule has 0 aromatic rings. The Morgan fingerprint density at radius 1 is 0.842 bits per heavy atom. The molecule has 0 radical (unpaired) electrons. The first-order valence-corrected chi connectivity index (χ1v) is 8.76. The molecule has 1 aliphatic rings. The molecule has 1 rings (SSSR count). The van der Waals surface area contributed by atoms with Crippen LogP contribution < -0.4 is 0 Å². The molecule has 1 heteroatoms. The Morgan fingerprint density at radius 2 is 1.37 bits per heavy atom. The van der Waals surface area contributed by atoms with Gasteiger partial charge in [0.25, 0.3) is 0 Å². The highest BCUT2D eigenvalue weighted by Gasteiger charge is 2.23. The van der Waals surface area contributed by atoms with Crippen molar-refractivity contribution in [2.45, 2.75) is 97.3 Å². The Bertz CT molecular complexity index is 226. The molecule has 19 heavy (non-hydrogen) atoms. The van der Waals surface area contributed by atoms with Gasteiger partial charge in [0.2, 0.25) is 0 Å². The molecule has 0 unspecified atom stereocenters. The molecule has 0 aromatic carbocycles. The van der Waals surface area contributed by atoms with Crippen LogP contribution in [0.4, 0.5) is 0 Å². The Hall–Kier alpha value is -0.330. The molecule has 0 bridgehead atoms. The van der Waals surface area contributed by atoms with Crippen LogP contribution in [0, 0.1) is 11.8 Å². The predicted octanol–water partition coefficient (Wildman–Crippen LogP) is 5.91. The third-order valence-corrected chi connectivity index (χ3v) is 4.75. The van der Waals surface area contributed by atoms with Crippen molar-refractivity contribution in [1.29, 1.82) is 0 Å². The van der Waals surface area contributed by atoms with Gasteiger partial charge >= 0.3 is 0 Å². The maximum absolute atomic E-state index is 12.1. The van der Waals surface area contributed by atoms with Crippen LogP contribution in [0.2, 0.25) is 0 Å². The van der Waals surface area contributed by atoms with Gasteiger partial charge in [0.1, 0.15) is 5.78 Å². The summed E-state index contributed by atoms with van der Waals surface area (Å²) in [5, 5.41) is 0. The largest absolute Gasteiger partial charge is 0.299 e. The van der Waals surface area contributed by atoms with Gasteiger partial charge in [-0.2, -0.15) is 0 Å². The summed E-state index contributed by atoms with van der Waals surface area (Å²) in [5.74, 6) is 1.84. The summed E-state index contributed by atoms with van der Waals surface area (Å²) < 4.78 is 0. The number of Topliss-reactive ketones (excluding diaryl/α,β-unsaturated/α-hetero) is 1. The van der Waals surface area contributed by atoms with Gasteiger partial charge in [0, 0.05) is 12.3 Å². The Balaban J connectivity index is 1.93. The summed E-state index contributed by atoms with van der Waals surface area (Å²) >= 11 is 0. The fraction of sp³-hybridized carbons (Fsp3) is 0.944. The van der Waals surface area contributed by atoms with Crippen LogP contribution >= 0.6 is 0 Å². The number of hydrogen-bond donors (Lipinski definition) is 0. The minimum absolute atomic E-state index is 0.417. The summed E-state index contributed by atoms with van der Waals surface area (Å²) in [7, 11) is 0. The Kier molecular flexibility index (Phi) is 9.20. The number of ketones is 1. The third-order valence-electron chi connectivity index (χ3n) is 4.75. The summed E-state index contributed by atoms with van der Waals surface area (Å²) in [6.45, 7) is 4.58. The summed E-state index contributed by atoms with van der Waals surface area (Å²) in [6, 6.07) is 0. The van der Waals surface area contributed by atoms with Crippen molar-refractivity contribution in [2.75, 3.05) is 0 Å². The van der Waals surface area contributed by atoms with E-state index < -0.39 is 0 Å².